The number of hydrogen-bond acceptors (Lipinski definition) is 2. The van der Waals surface area contributed by atoms with Crippen molar-refractivity contribution in [1.29, 1.82) is 0 Å². The molecule has 0 fully saturated rings. The summed E-state index contributed by atoms with van der Waals surface area (Å²) in [6.45, 7) is 9.66. The topological polar surface area (TPSA) is 12.0 Å². The molecule has 0 radical (unpaired) electrons. The molecular weight excluding hydrogens is 281 g/mol. The normalized spacial score (nSPS) is 13.6. The smallest absolute Gasteiger partial charge is 0.124 e. The van der Waals surface area contributed by atoms with E-state index in [0.29, 0.717) is 11.1 Å². The van der Waals surface area contributed by atoms with Gasteiger partial charge in [0.05, 0.1) is 0 Å². The SMILES string of the molecule is CCNC(CSC(C)(C)C)Cc1ccc(F)cc1Cl. The molecule has 0 aliphatic heterocycles. The summed E-state index contributed by atoms with van der Waals surface area (Å²) in [7, 11) is 0. The minimum atomic E-state index is -0.280. The number of halogens is 2. The first kappa shape index (κ1) is 16.8. The van der Waals surface area contributed by atoms with Gasteiger partial charge in [-0.05, 0) is 30.7 Å². The molecule has 0 spiro atoms. The molecule has 1 N–H and O–H groups in total. The van der Waals surface area contributed by atoms with Crippen LogP contribution in [0.1, 0.15) is 33.3 Å². The maximum atomic E-state index is 13.0. The molecule has 0 aliphatic carbocycles. The first-order valence-electron chi connectivity index (χ1n) is 6.63. The Labute approximate surface area is 125 Å². The molecule has 0 bridgehead atoms. The lowest BCUT2D eigenvalue weighted by Gasteiger charge is -2.24. The fourth-order valence-corrected chi connectivity index (χ4v) is 2.96. The highest BCUT2D eigenvalue weighted by Crippen LogP contribution is 2.26. The summed E-state index contributed by atoms with van der Waals surface area (Å²) in [5.41, 5.74) is 1.00. The highest BCUT2D eigenvalue weighted by Gasteiger charge is 2.16. The van der Waals surface area contributed by atoms with E-state index in [1.165, 1.54) is 12.1 Å². The third kappa shape index (κ3) is 6.64. The Morgan fingerprint density at radius 2 is 2.05 bits per heavy atom. The van der Waals surface area contributed by atoms with Crippen LogP contribution in [0.15, 0.2) is 18.2 Å². The van der Waals surface area contributed by atoms with Crippen molar-refractivity contribution < 1.29 is 4.39 Å². The van der Waals surface area contributed by atoms with E-state index in [1.807, 2.05) is 11.8 Å². The number of nitrogens with one attached hydrogen (secondary N) is 1. The van der Waals surface area contributed by atoms with Gasteiger partial charge in [-0.15, -0.1) is 0 Å². The van der Waals surface area contributed by atoms with Crippen molar-refractivity contribution in [3.63, 3.8) is 0 Å². The van der Waals surface area contributed by atoms with E-state index >= 15 is 0 Å². The number of hydrogen-bond donors (Lipinski definition) is 1. The first-order chi connectivity index (χ1) is 8.81. The zero-order valence-corrected chi connectivity index (χ0v) is 13.7. The summed E-state index contributed by atoms with van der Waals surface area (Å²) in [4.78, 5) is 0. The lowest BCUT2D eigenvalue weighted by atomic mass is 10.1. The molecular formula is C15H23ClFNS. The molecule has 4 heteroatoms. The van der Waals surface area contributed by atoms with Gasteiger partial charge in [0.1, 0.15) is 5.82 Å². The standard InChI is InChI=1S/C15H23ClFNS/c1-5-18-13(10-19-15(2,3)4)8-11-6-7-12(17)9-14(11)16/h6-7,9,13,18H,5,8,10H2,1-4H3. The molecule has 1 unspecified atom stereocenters. The summed E-state index contributed by atoms with van der Waals surface area (Å²) in [5.74, 6) is 0.739. The third-order valence-electron chi connectivity index (χ3n) is 2.69. The van der Waals surface area contributed by atoms with Gasteiger partial charge in [-0.1, -0.05) is 45.4 Å². The van der Waals surface area contributed by atoms with Crippen LogP contribution in [0, 0.1) is 5.82 Å². The van der Waals surface area contributed by atoms with Crippen LogP contribution in [0.3, 0.4) is 0 Å². The van der Waals surface area contributed by atoms with Crippen LogP contribution in [0.2, 0.25) is 5.02 Å². The highest BCUT2D eigenvalue weighted by molar-refractivity contribution is 8.00. The molecule has 0 amide bonds. The van der Waals surface area contributed by atoms with Crippen molar-refractivity contribution in [3.8, 4) is 0 Å². The fraction of sp³-hybridized carbons (Fsp3) is 0.600. The summed E-state index contributed by atoms with van der Waals surface area (Å²) in [6, 6.07) is 5.00. The predicted octanol–water partition coefficient (Wildman–Crippen LogP) is 4.53. The lowest BCUT2D eigenvalue weighted by Crippen LogP contribution is -2.34. The highest BCUT2D eigenvalue weighted by atomic mass is 35.5. The number of thioether (sulfide) groups is 1. The van der Waals surface area contributed by atoms with E-state index in [4.69, 9.17) is 11.6 Å². The average Bonchev–Trinajstić information content (AvgIpc) is 2.28. The summed E-state index contributed by atoms with van der Waals surface area (Å²) >= 11 is 8.02. The van der Waals surface area contributed by atoms with E-state index < -0.39 is 0 Å². The number of rotatable bonds is 6. The van der Waals surface area contributed by atoms with Crippen LogP contribution in [-0.2, 0) is 6.42 Å². The maximum Gasteiger partial charge on any atom is 0.124 e. The van der Waals surface area contributed by atoms with Gasteiger partial charge in [0.2, 0.25) is 0 Å². The second-order valence-electron chi connectivity index (χ2n) is 5.62. The molecule has 0 saturated heterocycles. The van der Waals surface area contributed by atoms with Crippen molar-refractivity contribution in [1.82, 2.24) is 5.32 Å². The summed E-state index contributed by atoms with van der Waals surface area (Å²) < 4.78 is 13.3. The van der Waals surface area contributed by atoms with Crippen LogP contribution in [0.4, 0.5) is 4.39 Å². The molecule has 0 aliphatic rings. The molecule has 108 valence electrons. The summed E-state index contributed by atoms with van der Waals surface area (Å²) in [6.07, 6.45) is 0.829. The zero-order chi connectivity index (χ0) is 14.5. The van der Waals surface area contributed by atoms with Gasteiger partial charge >= 0.3 is 0 Å². The van der Waals surface area contributed by atoms with Crippen molar-refractivity contribution in [2.24, 2.45) is 0 Å². The van der Waals surface area contributed by atoms with E-state index in [9.17, 15) is 4.39 Å². The van der Waals surface area contributed by atoms with E-state index in [-0.39, 0.29) is 10.6 Å². The number of benzene rings is 1. The monoisotopic (exact) mass is 303 g/mol. The van der Waals surface area contributed by atoms with Crippen LogP contribution in [-0.4, -0.2) is 23.1 Å². The van der Waals surface area contributed by atoms with Crippen molar-refractivity contribution in [2.45, 2.75) is 44.9 Å². The first-order valence-corrected chi connectivity index (χ1v) is 7.99. The van der Waals surface area contributed by atoms with E-state index in [0.717, 1.165) is 24.3 Å². The van der Waals surface area contributed by atoms with Crippen LogP contribution in [0.25, 0.3) is 0 Å². The minimum Gasteiger partial charge on any atom is -0.313 e. The number of likely N-dealkylation sites (N-methyl/N-ethyl adjacent to an activating group) is 1. The molecule has 1 aromatic carbocycles. The second kappa shape index (κ2) is 7.51. The van der Waals surface area contributed by atoms with Crippen LogP contribution in [0.5, 0.6) is 0 Å². The molecule has 19 heavy (non-hydrogen) atoms. The summed E-state index contributed by atoms with van der Waals surface area (Å²) in [5, 5.41) is 3.99. The van der Waals surface area contributed by atoms with Crippen molar-refractivity contribution >= 4 is 23.4 Å². The molecule has 0 aromatic heterocycles. The lowest BCUT2D eigenvalue weighted by molar-refractivity contribution is 0.569. The van der Waals surface area contributed by atoms with Gasteiger partial charge in [-0.3, -0.25) is 0 Å². The molecule has 0 saturated carbocycles. The zero-order valence-electron chi connectivity index (χ0n) is 12.1. The van der Waals surface area contributed by atoms with Crippen molar-refractivity contribution in [2.75, 3.05) is 12.3 Å². The Bertz CT molecular complexity index is 404. The molecule has 1 aromatic rings. The Morgan fingerprint density at radius 3 is 2.58 bits per heavy atom. The quantitative estimate of drug-likeness (QED) is 0.828. The predicted molar refractivity (Wildman–Crippen MR) is 84.8 cm³/mol. The van der Waals surface area contributed by atoms with E-state index in [2.05, 4.69) is 33.0 Å². The minimum absolute atomic E-state index is 0.250. The van der Waals surface area contributed by atoms with Crippen LogP contribution >= 0.6 is 23.4 Å². The Balaban J connectivity index is 2.67. The third-order valence-corrected chi connectivity index (χ3v) is 4.48. The van der Waals surface area contributed by atoms with Gasteiger partial charge in [0, 0.05) is 21.6 Å². The van der Waals surface area contributed by atoms with Gasteiger partial charge in [0.25, 0.3) is 0 Å². The fourth-order valence-electron chi connectivity index (χ4n) is 1.78. The maximum absolute atomic E-state index is 13.0. The second-order valence-corrected chi connectivity index (χ2v) is 7.87. The Hall–Kier alpha value is -0.250. The van der Waals surface area contributed by atoms with Gasteiger partial charge in [0.15, 0.2) is 0 Å². The van der Waals surface area contributed by atoms with E-state index in [1.54, 1.807) is 6.07 Å². The van der Waals surface area contributed by atoms with Crippen molar-refractivity contribution in [3.05, 3.63) is 34.6 Å². The molecule has 1 nitrogen and oxygen atoms in total. The molecule has 1 rings (SSSR count). The molecule has 1 atom stereocenters. The Morgan fingerprint density at radius 1 is 1.37 bits per heavy atom. The van der Waals surface area contributed by atoms with Gasteiger partial charge < -0.3 is 5.32 Å². The Kier molecular flexibility index (Phi) is 6.64. The molecule has 0 heterocycles. The van der Waals surface area contributed by atoms with Gasteiger partial charge in [-0.25, -0.2) is 4.39 Å². The van der Waals surface area contributed by atoms with Gasteiger partial charge in [-0.2, -0.15) is 11.8 Å². The average molecular weight is 304 g/mol. The largest absolute Gasteiger partial charge is 0.313 e. The van der Waals surface area contributed by atoms with Crippen LogP contribution < -0.4 is 5.32 Å².